The third-order valence-electron chi connectivity index (χ3n) is 5.89. The number of fused-ring (bicyclic) bond motifs is 4. The van der Waals surface area contributed by atoms with Crippen LogP contribution in [0.3, 0.4) is 0 Å². The van der Waals surface area contributed by atoms with Crippen molar-refractivity contribution in [2.45, 2.75) is 18.8 Å². The van der Waals surface area contributed by atoms with E-state index in [1.54, 1.807) is 0 Å². The number of hydrogen-bond donors (Lipinski definition) is 0. The van der Waals surface area contributed by atoms with Gasteiger partial charge in [-0.05, 0) is 50.1 Å². The largest absolute Gasteiger partial charge is 0.0922 e. The molecule has 1 heteroatoms. The standard InChI is InChI=1S/C26H21Br/c1-17(16-27)19-15-14-18-8-2-3-9-20(18)25(19)26-23-12-6-4-10-21(23)22-11-5-7-13-24(22)26/h2-15,17,26H,16H2,1H3. The van der Waals surface area contributed by atoms with Crippen molar-refractivity contribution < 1.29 is 0 Å². The van der Waals surface area contributed by atoms with E-state index in [-0.39, 0.29) is 0 Å². The van der Waals surface area contributed by atoms with Crippen molar-refractivity contribution in [3.05, 3.63) is 107 Å². The molecular weight excluding hydrogens is 392 g/mol. The zero-order valence-corrected chi connectivity index (χ0v) is 16.9. The van der Waals surface area contributed by atoms with Gasteiger partial charge < -0.3 is 0 Å². The second-order valence-corrected chi connectivity index (χ2v) is 8.10. The molecule has 0 nitrogen and oxygen atoms in total. The predicted octanol–water partition coefficient (Wildman–Crippen LogP) is 7.50. The van der Waals surface area contributed by atoms with Crippen LogP contribution in [0, 0.1) is 0 Å². The molecule has 1 aliphatic rings. The summed E-state index contributed by atoms with van der Waals surface area (Å²) in [5, 5.41) is 3.66. The fourth-order valence-corrected chi connectivity index (χ4v) is 4.96. The molecule has 0 N–H and O–H groups in total. The van der Waals surface area contributed by atoms with Crippen molar-refractivity contribution in [1.82, 2.24) is 0 Å². The highest BCUT2D eigenvalue weighted by molar-refractivity contribution is 9.09. The molecule has 0 aromatic heterocycles. The average molecular weight is 413 g/mol. The summed E-state index contributed by atoms with van der Waals surface area (Å²) < 4.78 is 0. The van der Waals surface area contributed by atoms with Gasteiger partial charge >= 0.3 is 0 Å². The minimum Gasteiger partial charge on any atom is -0.0922 e. The summed E-state index contributed by atoms with van der Waals surface area (Å²) in [7, 11) is 0. The first-order valence-corrected chi connectivity index (χ1v) is 10.7. The monoisotopic (exact) mass is 412 g/mol. The van der Waals surface area contributed by atoms with Crippen molar-refractivity contribution in [2.75, 3.05) is 5.33 Å². The zero-order chi connectivity index (χ0) is 18.4. The van der Waals surface area contributed by atoms with E-state index < -0.39 is 0 Å². The summed E-state index contributed by atoms with van der Waals surface area (Å²) in [6, 6.07) is 31.3. The first-order valence-electron chi connectivity index (χ1n) is 9.55. The molecule has 4 aromatic carbocycles. The molecule has 0 radical (unpaired) electrons. The summed E-state index contributed by atoms with van der Waals surface area (Å²) in [6.07, 6.45) is 0. The lowest BCUT2D eigenvalue weighted by atomic mass is 9.80. The Morgan fingerprint density at radius 3 is 2.00 bits per heavy atom. The second-order valence-electron chi connectivity index (χ2n) is 7.45. The highest BCUT2D eigenvalue weighted by atomic mass is 79.9. The van der Waals surface area contributed by atoms with Gasteiger partial charge in [0.15, 0.2) is 0 Å². The Morgan fingerprint density at radius 1 is 0.741 bits per heavy atom. The summed E-state index contributed by atoms with van der Waals surface area (Å²) in [5.74, 6) is 0.754. The molecule has 1 unspecified atom stereocenters. The molecule has 0 bridgehead atoms. The molecule has 0 aliphatic heterocycles. The highest BCUT2D eigenvalue weighted by Crippen LogP contribution is 2.50. The molecule has 0 heterocycles. The summed E-state index contributed by atoms with van der Waals surface area (Å²) in [4.78, 5) is 0. The molecular formula is C26H21Br. The van der Waals surface area contributed by atoms with Gasteiger partial charge in [-0.2, -0.15) is 0 Å². The van der Waals surface area contributed by atoms with Crippen LogP contribution in [0.25, 0.3) is 21.9 Å². The third kappa shape index (κ3) is 2.56. The number of alkyl halides is 1. The first-order chi connectivity index (χ1) is 13.3. The lowest BCUT2D eigenvalue weighted by molar-refractivity contribution is 0.854. The molecule has 27 heavy (non-hydrogen) atoms. The Morgan fingerprint density at radius 2 is 1.33 bits per heavy atom. The Labute approximate surface area is 169 Å². The van der Waals surface area contributed by atoms with E-state index in [1.165, 1.54) is 44.2 Å². The maximum Gasteiger partial charge on any atom is 0.0361 e. The summed E-state index contributed by atoms with van der Waals surface area (Å²) in [6.45, 7) is 2.31. The van der Waals surface area contributed by atoms with E-state index in [4.69, 9.17) is 0 Å². The molecule has 5 rings (SSSR count). The third-order valence-corrected chi connectivity index (χ3v) is 6.86. The fourth-order valence-electron chi connectivity index (χ4n) is 4.61. The number of halogens is 1. The minimum absolute atomic E-state index is 0.292. The summed E-state index contributed by atoms with van der Waals surface area (Å²) >= 11 is 3.72. The smallest absolute Gasteiger partial charge is 0.0361 e. The highest BCUT2D eigenvalue weighted by Gasteiger charge is 2.32. The van der Waals surface area contributed by atoms with E-state index in [9.17, 15) is 0 Å². The Bertz CT molecular complexity index is 1100. The van der Waals surface area contributed by atoms with Crippen molar-refractivity contribution in [1.29, 1.82) is 0 Å². The van der Waals surface area contributed by atoms with Crippen LogP contribution in [0.2, 0.25) is 0 Å². The van der Waals surface area contributed by atoms with E-state index in [0.29, 0.717) is 11.8 Å². The molecule has 0 spiro atoms. The van der Waals surface area contributed by atoms with Crippen LogP contribution in [-0.4, -0.2) is 5.33 Å². The van der Waals surface area contributed by atoms with E-state index in [2.05, 4.69) is 108 Å². The first kappa shape index (κ1) is 16.8. The van der Waals surface area contributed by atoms with E-state index in [1.807, 2.05) is 0 Å². The molecule has 0 amide bonds. The average Bonchev–Trinajstić information content (AvgIpc) is 3.06. The Hall–Kier alpha value is -2.38. The molecule has 132 valence electrons. The van der Waals surface area contributed by atoms with E-state index >= 15 is 0 Å². The van der Waals surface area contributed by atoms with Gasteiger partial charge in [-0.15, -0.1) is 0 Å². The number of rotatable bonds is 3. The maximum atomic E-state index is 3.72. The quantitative estimate of drug-likeness (QED) is 0.269. The van der Waals surface area contributed by atoms with Crippen LogP contribution in [0.1, 0.15) is 41.0 Å². The SMILES string of the molecule is CC(CBr)c1ccc2ccccc2c1C1c2ccccc2-c2ccccc21. The molecule has 4 aromatic rings. The number of hydrogen-bond acceptors (Lipinski definition) is 0. The van der Waals surface area contributed by atoms with Crippen LogP contribution in [0.15, 0.2) is 84.9 Å². The van der Waals surface area contributed by atoms with Crippen molar-refractivity contribution in [2.24, 2.45) is 0 Å². The lowest BCUT2D eigenvalue weighted by Crippen LogP contribution is -2.08. The molecule has 0 saturated carbocycles. The molecule has 0 saturated heterocycles. The molecule has 1 aliphatic carbocycles. The van der Waals surface area contributed by atoms with Gasteiger partial charge in [-0.1, -0.05) is 108 Å². The second kappa shape index (κ2) is 6.65. The van der Waals surface area contributed by atoms with Crippen LogP contribution in [-0.2, 0) is 0 Å². The van der Waals surface area contributed by atoms with Gasteiger partial charge in [0.05, 0.1) is 0 Å². The van der Waals surface area contributed by atoms with Gasteiger partial charge in [-0.25, -0.2) is 0 Å². The van der Waals surface area contributed by atoms with E-state index in [0.717, 1.165) is 5.33 Å². The normalized spacial score (nSPS) is 14.1. The minimum atomic E-state index is 0.292. The number of benzene rings is 4. The Kier molecular flexibility index (Phi) is 4.13. The van der Waals surface area contributed by atoms with Gasteiger partial charge in [-0.3, -0.25) is 0 Å². The Balaban J connectivity index is 1.89. The van der Waals surface area contributed by atoms with Crippen LogP contribution >= 0.6 is 15.9 Å². The fraction of sp³-hybridized carbons (Fsp3) is 0.154. The summed E-state index contributed by atoms with van der Waals surface area (Å²) in [5.41, 5.74) is 8.53. The maximum absolute atomic E-state index is 3.72. The molecule has 0 fully saturated rings. The van der Waals surface area contributed by atoms with Crippen LogP contribution < -0.4 is 0 Å². The van der Waals surface area contributed by atoms with Gasteiger partial charge in [0.1, 0.15) is 0 Å². The van der Waals surface area contributed by atoms with Gasteiger partial charge in [0.2, 0.25) is 0 Å². The van der Waals surface area contributed by atoms with Crippen LogP contribution in [0.5, 0.6) is 0 Å². The van der Waals surface area contributed by atoms with Crippen molar-refractivity contribution in [3.63, 3.8) is 0 Å². The zero-order valence-electron chi connectivity index (χ0n) is 15.3. The van der Waals surface area contributed by atoms with Crippen LogP contribution in [0.4, 0.5) is 0 Å². The van der Waals surface area contributed by atoms with Crippen molar-refractivity contribution >= 4 is 26.7 Å². The topological polar surface area (TPSA) is 0 Å². The van der Waals surface area contributed by atoms with Gasteiger partial charge in [0.25, 0.3) is 0 Å². The predicted molar refractivity (Wildman–Crippen MR) is 119 cm³/mol. The van der Waals surface area contributed by atoms with Gasteiger partial charge in [0, 0.05) is 11.2 Å². The molecule has 1 atom stereocenters. The lowest BCUT2D eigenvalue weighted by Gasteiger charge is -2.23. The van der Waals surface area contributed by atoms with Crippen molar-refractivity contribution in [3.8, 4) is 11.1 Å².